The number of hydrogen-bond acceptors (Lipinski definition) is 7. The molecule has 2 aromatic heterocycles. The molecule has 0 bridgehead atoms. The molecule has 30 heavy (non-hydrogen) atoms. The van der Waals surface area contributed by atoms with Gasteiger partial charge >= 0.3 is 0 Å². The zero-order valence-electron chi connectivity index (χ0n) is 16.8. The number of ether oxygens (including phenoxy) is 2. The molecule has 0 atom stereocenters. The first-order valence-corrected chi connectivity index (χ1v) is 10.8. The van der Waals surface area contributed by atoms with Gasteiger partial charge in [0.15, 0.2) is 0 Å². The van der Waals surface area contributed by atoms with Crippen molar-refractivity contribution < 1.29 is 14.3 Å². The lowest BCUT2D eigenvalue weighted by atomic mass is 10.2. The second-order valence-corrected chi connectivity index (χ2v) is 7.81. The summed E-state index contributed by atoms with van der Waals surface area (Å²) >= 11 is 1.60. The van der Waals surface area contributed by atoms with Crippen LogP contribution < -0.4 is 15.0 Å². The molecule has 0 aliphatic carbocycles. The van der Waals surface area contributed by atoms with Gasteiger partial charge in [-0.15, -0.1) is 11.3 Å². The van der Waals surface area contributed by atoms with Crippen LogP contribution >= 0.6 is 11.3 Å². The van der Waals surface area contributed by atoms with E-state index in [0.29, 0.717) is 31.7 Å². The van der Waals surface area contributed by atoms with Crippen LogP contribution in [0.4, 0.5) is 5.82 Å². The number of benzene rings is 1. The molecule has 7 nitrogen and oxygen atoms in total. The Balaban J connectivity index is 1.31. The number of methoxy groups -OCH3 is 1. The van der Waals surface area contributed by atoms with E-state index in [9.17, 15) is 4.79 Å². The summed E-state index contributed by atoms with van der Waals surface area (Å²) in [6.45, 7) is 3.48. The first-order chi connectivity index (χ1) is 14.7. The molecular formula is C22H24N4O3S. The third-order valence-corrected chi connectivity index (χ3v) is 5.81. The highest BCUT2D eigenvalue weighted by molar-refractivity contribution is 7.09. The Labute approximate surface area is 179 Å². The number of aromatic nitrogens is 2. The second-order valence-electron chi connectivity index (χ2n) is 6.86. The fourth-order valence-corrected chi connectivity index (χ4v) is 4.04. The summed E-state index contributed by atoms with van der Waals surface area (Å²) < 4.78 is 10.6. The number of pyridine rings is 1. The molecule has 1 aromatic carbocycles. The molecule has 156 valence electrons. The number of carbonyl (C=O) groups is 1. The Hall–Kier alpha value is -2.97. The van der Waals surface area contributed by atoms with Crippen LogP contribution in [-0.4, -0.2) is 55.8 Å². The van der Waals surface area contributed by atoms with Crippen LogP contribution in [0.5, 0.6) is 5.75 Å². The summed E-state index contributed by atoms with van der Waals surface area (Å²) in [4.78, 5) is 23.8. The Morgan fingerprint density at radius 2 is 2.03 bits per heavy atom. The van der Waals surface area contributed by atoms with Crippen molar-refractivity contribution >= 4 is 23.1 Å². The third kappa shape index (κ3) is 4.95. The second kappa shape index (κ2) is 9.69. The minimum absolute atomic E-state index is 0.0983. The number of morpholine rings is 1. The van der Waals surface area contributed by atoms with Crippen molar-refractivity contribution in [2.24, 2.45) is 0 Å². The maximum absolute atomic E-state index is 12.5. The van der Waals surface area contributed by atoms with E-state index >= 15 is 0 Å². The number of nitrogens with one attached hydrogen (secondary N) is 1. The van der Waals surface area contributed by atoms with Crippen molar-refractivity contribution in [3.8, 4) is 17.0 Å². The fraction of sp³-hybridized carbons (Fsp3) is 0.318. The molecule has 0 unspecified atom stereocenters. The van der Waals surface area contributed by atoms with Gasteiger partial charge in [0.05, 0.1) is 31.0 Å². The fourth-order valence-electron chi connectivity index (χ4n) is 3.23. The minimum atomic E-state index is -0.0983. The predicted octanol–water partition coefficient (Wildman–Crippen LogP) is 3.02. The van der Waals surface area contributed by atoms with Gasteiger partial charge in [0.25, 0.3) is 5.91 Å². The largest absolute Gasteiger partial charge is 0.497 e. The van der Waals surface area contributed by atoms with E-state index in [0.717, 1.165) is 40.9 Å². The van der Waals surface area contributed by atoms with Gasteiger partial charge in [-0.1, -0.05) is 0 Å². The van der Waals surface area contributed by atoms with Crippen LogP contribution in [0.25, 0.3) is 11.3 Å². The maximum Gasteiger partial charge on any atom is 0.251 e. The summed E-state index contributed by atoms with van der Waals surface area (Å²) in [5.41, 5.74) is 2.60. The molecule has 1 aliphatic rings. The molecule has 1 aliphatic heterocycles. The van der Waals surface area contributed by atoms with Gasteiger partial charge in [0, 0.05) is 48.8 Å². The van der Waals surface area contributed by atoms with Crippen molar-refractivity contribution in [2.75, 3.05) is 44.9 Å². The minimum Gasteiger partial charge on any atom is -0.497 e. The molecule has 3 heterocycles. The van der Waals surface area contributed by atoms with Crippen molar-refractivity contribution in [3.05, 3.63) is 58.5 Å². The number of nitrogens with zero attached hydrogens (tertiary/aromatic N) is 3. The van der Waals surface area contributed by atoms with Crippen LogP contribution in [0, 0.1) is 0 Å². The molecular weight excluding hydrogens is 400 g/mol. The standard InChI is InChI=1S/C22H24N4O3S/c1-28-18-4-2-16(3-5-18)19-15-30-21(25-19)7-9-24-22(27)17-6-8-23-20(14-17)26-10-12-29-13-11-26/h2-6,8,14-15H,7,9-13H2,1H3,(H,24,27). The smallest absolute Gasteiger partial charge is 0.251 e. The summed E-state index contributed by atoms with van der Waals surface area (Å²) in [5.74, 6) is 1.54. The predicted molar refractivity (Wildman–Crippen MR) is 117 cm³/mol. The van der Waals surface area contributed by atoms with Crippen LogP contribution in [-0.2, 0) is 11.2 Å². The van der Waals surface area contributed by atoms with E-state index < -0.39 is 0 Å². The molecule has 1 N–H and O–H groups in total. The summed E-state index contributed by atoms with van der Waals surface area (Å²) in [7, 11) is 1.65. The van der Waals surface area contributed by atoms with Gasteiger partial charge in [0.1, 0.15) is 11.6 Å². The van der Waals surface area contributed by atoms with E-state index in [1.54, 1.807) is 30.7 Å². The average molecular weight is 425 g/mol. The summed E-state index contributed by atoms with van der Waals surface area (Å²) in [6.07, 6.45) is 2.37. The van der Waals surface area contributed by atoms with Gasteiger partial charge in [-0.3, -0.25) is 4.79 Å². The number of hydrogen-bond donors (Lipinski definition) is 1. The highest BCUT2D eigenvalue weighted by Gasteiger charge is 2.14. The van der Waals surface area contributed by atoms with E-state index in [-0.39, 0.29) is 5.91 Å². The molecule has 0 saturated carbocycles. The van der Waals surface area contributed by atoms with Crippen molar-refractivity contribution in [3.63, 3.8) is 0 Å². The highest BCUT2D eigenvalue weighted by atomic mass is 32.1. The molecule has 4 rings (SSSR count). The van der Waals surface area contributed by atoms with Gasteiger partial charge in [-0.05, 0) is 36.4 Å². The zero-order chi connectivity index (χ0) is 20.8. The zero-order valence-corrected chi connectivity index (χ0v) is 17.7. The molecule has 8 heteroatoms. The lowest BCUT2D eigenvalue weighted by molar-refractivity contribution is 0.0954. The van der Waals surface area contributed by atoms with E-state index in [1.807, 2.05) is 35.7 Å². The molecule has 1 amide bonds. The number of rotatable bonds is 7. The Morgan fingerprint density at radius 1 is 1.23 bits per heavy atom. The topological polar surface area (TPSA) is 76.6 Å². The van der Waals surface area contributed by atoms with Crippen LogP contribution in [0.1, 0.15) is 15.4 Å². The van der Waals surface area contributed by atoms with E-state index in [2.05, 4.69) is 20.2 Å². The number of anilines is 1. The van der Waals surface area contributed by atoms with Crippen molar-refractivity contribution in [2.45, 2.75) is 6.42 Å². The van der Waals surface area contributed by atoms with Crippen LogP contribution in [0.3, 0.4) is 0 Å². The van der Waals surface area contributed by atoms with Crippen LogP contribution in [0.15, 0.2) is 48.0 Å². The highest BCUT2D eigenvalue weighted by Crippen LogP contribution is 2.24. The third-order valence-electron chi connectivity index (χ3n) is 4.90. The van der Waals surface area contributed by atoms with E-state index in [1.165, 1.54) is 0 Å². The Kier molecular flexibility index (Phi) is 6.56. The first kappa shape index (κ1) is 20.3. The number of carbonyl (C=O) groups excluding carboxylic acids is 1. The molecule has 0 spiro atoms. The monoisotopic (exact) mass is 424 g/mol. The summed E-state index contributed by atoms with van der Waals surface area (Å²) in [5, 5.41) is 6.01. The molecule has 0 radical (unpaired) electrons. The molecule has 1 fully saturated rings. The SMILES string of the molecule is COc1ccc(-c2csc(CCNC(=O)c3ccnc(N4CCOCC4)c3)n2)cc1. The Morgan fingerprint density at radius 3 is 2.80 bits per heavy atom. The van der Waals surface area contributed by atoms with Crippen LogP contribution in [0.2, 0.25) is 0 Å². The maximum atomic E-state index is 12.5. The Bertz CT molecular complexity index is 984. The quantitative estimate of drug-likeness (QED) is 0.628. The number of amides is 1. The lowest BCUT2D eigenvalue weighted by Gasteiger charge is -2.27. The number of thiazole rings is 1. The molecule has 3 aromatic rings. The van der Waals surface area contributed by atoms with Gasteiger partial charge in [-0.25, -0.2) is 9.97 Å². The first-order valence-electron chi connectivity index (χ1n) is 9.89. The summed E-state index contributed by atoms with van der Waals surface area (Å²) in [6, 6.07) is 11.4. The molecule has 1 saturated heterocycles. The lowest BCUT2D eigenvalue weighted by Crippen LogP contribution is -2.37. The van der Waals surface area contributed by atoms with Gasteiger partial charge < -0.3 is 19.7 Å². The van der Waals surface area contributed by atoms with E-state index in [4.69, 9.17) is 9.47 Å². The van der Waals surface area contributed by atoms with Crippen molar-refractivity contribution in [1.82, 2.24) is 15.3 Å². The normalized spacial score (nSPS) is 13.8. The average Bonchev–Trinajstić information content (AvgIpc) is 3.28. The van der Waals surface area contributed by atoms with Gasteiger partial charge in [0.2, 0.25) is 0 Å². The van der Waals surface area contributed by atoms with Gasteiger partial charge in [-0.2, -0.15) is 0 Å². The van der Waals surface area contributed by atoms with Crippen molar-refractivity contribution in [1.29, 1.82) is 0 Å².